The van der Waals surface area contributed by atoms with Crippen LogP contribution in [0.15, 0.2) is 16.8 Å². The molecule has 0 aromatic heterocycles. The number of hydrogen-bond acceptors (Lipinski definition) is 3. The van der Waals surface area contributed by atoms with Gasteiger partial charge in [-0.3, -0.25) is 14.9 Å². The molecule has 0 radical (unpaired) electrons. The highest BCUT2D eigenvalue weighted by atomic mass is 16.6. The first kappa shape index (κ1) is 9.05. The SMILES string of the molecule is O=C1CCC2C=C([N+](=O)[O-])CCC2=N1. The van der Waals surface area contributed by atoms with Crippen LogP contribution in [-0.4, -0.2) is 16.5 Å². The van der Waals surface area contributed by atoms with Gasteiger partial charge in [0, 0.05) is 24.5 Å². The maximum atomic E-state index is 11.0. The predicted molar refractivity (Wildman–Crippen MR) is 49.5 cm³/mol. The number of fused-ring (bicyclic) bond motifs is 1. The molecule has 0 spiro atoms. The lowest BCUT2D eigenvalue weighted by Gasteiger charge is -2.22. The van der Waals surface area contributed by atoms with E-state index in [9.17, 15) is 14.9 Å². The van der Waals surface area contributed by atoms with Gasteiger partial charge in [-0.2, -0.15) is 0 Å². The Balaban J connectivity index is 2.25. The van der Waals surface area contributed by atoms with Gasteiger partial charge in [0.15, 0.2) is 0 Å². The Hall–Kier alpha value is -1.52. The third kappa shape index (κ3) is 1.57. The fraction of sp³-hybridized carbons (Fsp3) is 0.556. The number of nitrogens with zero attached hydrogens (tertiary/aromatic N) is 2. The maximum absolute atomic E-state index is 11.0. The first-order valence-corrected chi connectivity index (χ1v) is 4.62. The molecule has 1 heterocycles. The Bertz CT molecular complexity index is 357. The van der Waals surface area contributed by atoms with Crippen LogP contribution in [0.1, 0.15) is 25.7 Å². The van der Waals surface area contributed by atoms with E-state index in [1.54, 1.807) is 6.08 Å². The summed E-state index contributed by atoms with van der Waals surface area (Å²) in [5.74, 6) is -0.0592. The van der Waals surface area contributed by atoms with Gasteiger partial charge in [0.2, 0.25) is 11.6 Å². The molecule has 5 nitrogen and oxygen atoms in total. The molecule has 0 N–H and O–H groups in total. The number of rotatable bonds is 1. The van der Waals surface area contributed by atoms with E-state index in [-0.39, 0.29) is 22.4 Å². The number of hydrogen-bond donors (Lipinski definition) is 0. The zero-order valence-electron chi connectivity index (χ0n) is 7.60. The summed E-state index contributed by atoms with van der Waals surface area (Å²) in [4.78, 5) is 25.1. The van der Waals surface area contributed by atoms with E-state index in [2.05, 4.69) is 4.99 Å². The molecule has 0 bridgehead atoms. The first-order chi connectivity index (χ1) is 6.66. The van der Waals surface area contributed by atoms with Gasteiger partial charge < -0.3 is 0 Å². The molecule has 1 atom stereocenters. The van der Waals surface area contributed by atoms with Gasteiger partial charge in [0.25, 0.3) is 0 Å². The minimum Gasteiger partial charge on any atom is -0.273 e. The standard InChI is InChI=1S/C9H10N2O3/c12-9-4-1-6-5-7(11(13)14)2-3-8(6)10-9/h5-6H,1-4H2. The molecule has 1 unspecified atom stereocenters. The van der Waals surface area contributed by atoms with Crippen LogP contribution in [0.25, 0.3) is 0 Å². The molecule has 1 amide bonds. The van der Waals surface area contributed by atoms with Crippen molar-refractivity contribution in [2.24, 2.45) is 10.9 Å². The zero-order chi connectivity index (χ0) is 10.1. The number of carbonyl (C=O) groups is 1. The van der Waals surface area contributed by atoms with Crippen LogP contribution in [0.2, 0.25) is 0 Å². The predicted octanol–water partition coefficient (Wildman–Crippen LogP) is 1.32. The Morgan fingerprint density at radius 3 is 2.93 bits per heavy atom. The van der Waals surface area contributed by atoms with Crippen LogP contribution < -0.4 is 0 Å². The van der Waals surface area contributed by atoms with Crippen LogP contribution in [0.3, 0.4) is 0 Å². The number of allylic oxidation sites excluding steroid dienone is 2. The number of carbonyl (C=O) groups excluding carboxylic acids is 1. The summed E-state index contributed by atoms with van der Waals surface area (Å²) in [5.41, 5.74) is 1.09. The van der Waals surface area contributed by atoms with E-state index < -0.39 is 0 Å². The molecular weight excluding hydrogens is 184 g/mol. The quantitative estimate of drug-likeness (QED) is 0.466. The lowest BCUT2D eigenvalue weighted by Crippen LogP contribution is -2.25. The minimum atomic E-state index is -0.340. The molecule has 2 rings (SSSR count). The highest BCUT2D eigenvalue weighted by molar-refractivity contribution is 6.00. The molecule has 5 heteroatoms. The lowest BCUT2D eigenvalue weighted by atomic mass is 9.86. The highest BCUT2D eigenvalue weighted by Gasteiger charge is 2.29. The first-order valence-electron chi connectivity index (χ1n) is 4.62. The van der Waals surface area contributed by atoms with E-state index in [0.29, 0.717) is 25.7 Å². The van der Waals surface area contributed by atoms with E-state index in [1.165, 1.54) is 0 Å². The molecule has 0 aromatic carbocycles. The molecule has 14 heavy (non-hydrogen) atoms. The number of aliphatic imine (C=N–C) groups is 1. The molecule has 1 aliphatic carbocycles. The third-order valence-electron chi connectivity index (χ3n) is 2.63. The van der Waals surface area contributed by atoms with Crippen LogP contribution in [0, 0.1) is 16.0 Å². The average molecular weight is 194 g/mol. The van der Waals surface area contributed by atoms with Crippen molar-refractivity contribution >= 4 is 11.6 Å². The largest absolute Gasteiger partial charge is 0.273 e. The van der Waals surface area contributed by atoms with Gasteiger partial charge in [0.1, 0.15) is 0 Å². The summed E-state index contributed by atoms with van der Waals surface area (Å²) >= 11 is 0. The summed E-state index contributed by atoms with van der Waals surface area (Å²) < 4.78 is 0. The maximum Gasteiger partial charge on any atom is 0.245 e. The van der Waals surface area contributed by atoms with E-state index in [4.69, 9.17) is 0 Å². The van der Waals surface area contributed by atoms with Crippen molar-refractivity contribution in [1.29, 1.82) is 0 Å². The topological polar surface area (TPSA) is 72.6 Å². The molecule has 0 saturated heterocycles. The summed E-state index contributed by atoms with van der Waals surface area (Å²) in [7, 11) is 0. The number of nitro groups is 1. The molecule has 1 aliphatic heterocycles. The van der Waals surface area contributed by atoms with E-state index in [1.807, 2.05) is 0 Å². The Morgan fingerprint density at radius 1 is 1.43 bits per heavy atom. The van der Waals surface area contributed by atoms with E-state index in [0.717, 1.165) is 5.71 Å². The number of amides is 1. The van der Waals surface area contributed by atoms with Crippen molar-refractivity contribution in [2.75, 3.05) is 0 Å². The van der Waals surface area contributed by atoms with Gasteiger partial charge in [0.05, 0.1) is 4.92 Å². The zero-order valence-corrected chi connectivity index (χ0v) is 7.60. The lowest BCUT2D eigenvalue weighted by molar-refractivity contribution is -0.428. The second-order valence-corrected chi connectivity index (χ2v) is 3.56. The van der Waals surface area contributed by atoms with Gasteiger partial charge in [-0.25, -0.2) is 4.99 Å². The second-order valence-electron chi connectivity index (χ2n) is 3.56. The molecule has 0 saturated carbocycles. The van der Waals surface area contributed by atoms with E-state index >= 15 is 0 Å². The van der Waals surface area contributed by atoms with Crippen LogP contribution in [0.4, 0.5) is 0 Å². The van der Waals surface area contributed by atoms with Crippen molar-refractivity contribution in [3.8, 4) is 0 Å². The Kier molecular flexibility index (Phi) is 2.15. The van der Waals surface area contributed by atoms with Gasteiger partial charge in [-0.15, -0.1) is 0 Å². The van der Waals surface area contributed by atoms with Crippen molar-refractivity contribution in [3.63, 3.8) is 0 Å². The van der Waals surface area contributed by atoms with Gasteiger partial charge in [-0.1, -0.05) is 0 Å². The highest BCUT2D eigenvalue weighted by Crippen LogP contribution is 2.27. The van der Waals surface area contributed by atoms with Crippen molar-refractivity contribution < 1.29 is 9.72 Å². The van der Waals surface area contributed by atoms with Crippen LogP contribution in [0.5, 0.6) is 0 Å². The van der Waals surface area contributed by atoms with Gasteiger partial charge in [-0.05, 0) is 18.9 Å². The smallest absolute Gasteiger partial charge is 0.245 e. The summed E-state index contributed by atoms with van der Waals surface area (Å²) in [6.07, 6.45) is 3.69. The van der Waals surface area contributed by atoms with Gasteiger partial charge >= 0.3 is 0 Å². The molecule has 0 fully saturated rings. The normalized spacial score (nSPS) is 26.3. The third-order valence-corrected chi connectivity index (χ3v) is 2.63. The molecular formula is C9H10N2O3. The fourth-order valence-electron chi connectivity index (χ4n) is 1.89. The molecule has 74 valence electrons. The van der Waals surface area contributed by atoms with Crippen LogP contribution >= 0.6 is 0 Å². The Morgan fingerprint density at radius 2 is 2.21 bits per heavy atom. The average Bonchev–Trinajstić information content (AvgIpc) is 2.16. The summed E-state index contributed by atoms with van der Waals surface area (Å²) in [6, 6.07) is 0. The Labute approximate surface area is 80.7 Å². The van der Waals surface area contributed by atoms with Crippen molar-refractivity contribution in [1.82, 2.24) is 0 Å². The molecule has 0 aromatic rings. The fourth-order valence-corrected chi connectivity index (χ4v) is 1.89. The summed E-state index contributed by atoms with van der Waals surface area (Å²) in [5, 5.41) is 10.5. The minimum absolute atomic E-state index is 0.0295. The van der Waals surface area contributed by atoms with Crippen LogP contribution in [-0.2, 0) is 4.79 Å². The molecule has 2 aliphatic rings. The van der Waals surface area contributed by atoms with Crippen molar-refractivity contribution in [2.45, 2.75) is 25.7 Å². The second kappa shape index (κ2) is 3.32. The monoisotopic (exact) mass is 194 g/mol. The van der Waals surface area contributed by atoms with Crippen molar-refractivity contribution in [3.05, 3.63) is 21.9 Å². The summed E-state index contributed by atoms with van der Waals surface area (Å²) in [6.45, 7) is 0.